The molecular weight excluding hydrogens is 225 g/mol. The predicted octanol–water partition coefficient (Wildman–Crippen LogP) is -1.09. The largest absolute Gasteiger partial charge is 1.00 e. The van der Waals surface area contributed by atoms with Gasteiger partial charge in [0.05, 0.1) is 5.69 Å². The Morgan fingerprint density at radius 3 is 2.53 bits per heavy atom. The van der Waals surface area contributed by atoms with E-state index in [-0.39, 0.29) is 43.0 Å². The van der Waals surface area contributed by atoms with E-state index in [2.05, 4.69) is 9.97 Å². The van der Waals surface area contributed by atoms with Gasteiger partial charge in [-0.15, -0.1) is 0 Å². The standard InChI is InChI=1S/C12H13N3O.Na.H/c1-16-11(9-5-3-2-4-6-9)10-7-8-14-12(13)15-10;;/h2-8,11H,1H3,(H2,13,14,15);;/q;+1;-1. The van der Waals surface area contributed by atoms with Crippen LogP contribution >= 0.6 is 0 Å². The second-order valence-electron chi connectivity index (χ2n) is 3.37. The average molecular weight is 239 g/mol. The molecule has 0 aliphatic heterocycles. The number of aromatic nitrogens is 2. The molecule has 0 saturated heterocycles. The molecule has 1 unspecified atom stereocenters. The van der Waals surface area contributed by atoms with E-state index in [0.29, 0.717) is 0 Å². The fourth-order valence-electron chi connectivity index (χ4n) is 1.59. The van der Waals surface area contributed by atoms with E-state index >= 15 is 0 Å². The van der Waals surface area contributed by atoms with Gasteiger partial charge in [0.2, 0.25) is 5.95 Å². The fourth-order valence-corrected chi connectivity index (χ4v) is 1.59. The Labute approximate surface area is 124 Å². The second kappa shape index (κ2) is 6.71. The van der Waals surface area contributed by atoms with Crippen LogP contribution in [0, 0.1) is 0 Å². The van der Waals surface area contributed by atoms with E-state index in [0.717, 1.165) is 11.3 Å². The molecular formula is C12H14N3NaO. The number of nitrogens with zero attached hydrogens (tertiary/aromatic N) is 2. The summed E-state index contributed by atoms with van der Waals surface area (Å²) in [4.78, 5) is 8.02. The number of nitrogens with two attached hydrogens (primary N) is 1. The molecule has 5 heteroatoms. The minimum atomic E-state index is -0.202. The molecule has 1 aromatic heterocycles. The van der Waals surface area contributed by atoms with Crippen LogP contribution in [0.15, 0.2) is 42.6 Å². The van der Waals surface area contributed by atoms with Crippen LogP contribution in [0.2, 0.25) is 0 Å². The topological polar surface area (TPSA) is 61.0 Å². The smallest absolute Gasteiger partial charge is 1.00 e. The fraction of sp³-hybridized carbons (Fsp3) is 0.167. The number of rotatable bonds is 3. The minimum Gasteiger partial charge on any atom is -1.00 e. The van der Waals surface area contributed by atoms with Crippen molar-refractivity contribution in [3.63, 3.8) is 0 Å². The van der Waals surface area contributed by atoms with Gasteiger partial charge in [-0.3, -0.25) is 0 Å². The summed E-state index contributed by atoms with van der Waals surface area (Å²) in [6.45, 7) is 0. The molecule has 2 N–H and O–H groups in total. The van der Waals surface area contributed by atoms with Crippen molar-refractivity contribution in [2.24, 2.45) is 0 Å². The van der Waals surface area contributed by atoms with Crippen LogP contribution in [0.3, 0.4) is 0 Å². The monoisotopic (exact) mass is 239 g/mol. The van der Waals surface area contributed by atoms with Crippen molar-refractivity contribution in [1.29, 1.82) is 0 Å². The third-order valence-corrected chi connectivity index (χ3v) is 2.30. The molecule has 0 amide bonds. The van der Waals surface area contributed by atoms with Gasteiger partial charge in [0.1, 0.15) is 6.10 Å². The Hall–Kier alpha value is -0.940. The summed E-state index contributed by atoms with van der Waals surface area (Å²) in [7, 11) is 1.65. The first-order chi connectivity index (χ1) is 7.81. The third-order valence-electron chi connectivity index (χ3n) is 2.30. The number of anilines is 1. The van der Waals surface area contributed by atoms with Gasteiger partial charge in [0, 0.05) is 13.3 Å². The van der Waals surface area contributed by atoms with E-state index in [9.17, 15) is 0 Å². The van der Waals surface area contributed by atoms with E-state index in [1.165, 1.54) is 0 Å². The van der Waals surface area contributed by atoms with Crippen molar-refractivity contribution < 1.29 is 35.7 Å². The quantitative estimate of drug-likeness (QED) is 0.691. The van der Waals surface area contributed by atoms with Crippen molar-refractivity contribution >= 4 is 5.95 Å². The molecule has 2 aromatic rings. The van der Waals surface area contributed by atoms with E-state index in [1.807, 2.05) is 30.3 Å². The van der Waals surface area contributed by atoms with Crippen LogP contribution in [0.25, 0.3) is 0 Å². The first-order valence-corrected chi connectivity index (χ1v) is 4.97. The second-order valence-corrected chi connectivity index (χ2v) is 3.37. The molecule has 1 heterocycles. The molecule has 4 nitrogen and oxygen atoms in total. The van der Waals surface area contributed by atoms with Crippen molar-refractivity contribution in [3.8, 4) is 0 Å². The molecule has 1 aromatic carbocycles. The molecule has 0 spiro atoms. The molecule has 84 valence electrons. The van der Waals surface area contributed by atoms with Gasteiger partial charge in [0.15, 0.2) is 0 Å². The summed E-state index contributed by atoms with van der Waals surface area (Å²) < 4.78 is 5.43. The van der Waals surface area contributed by atoms with Gasteiger partial charge < -0.3 is 11.9 Å². The summed E-state index contributed by atoms with van der Waals surface area (Å²) in [5, 5.41) is 0. The van der Waals surface area contributed by atoms with Crippen LogP contribution in [0.4, 0.5) is 5.95 Å². The molecule has 0 fully saturated rings. The van der Waals surface area contributed by atoms with Gasteiger partial charge in [-0.05, 0) is 11.6 Å². The first-order valence-electron chi connectivity index (χ1n) is 4.97. The Morgan fingerprint density at radius 2 is 1.94 bits per heavy atom. The van der Waals surface area contributed by atoms with E-state index in [4.69, 9.17) is 10.5 Å². The van der Waals surface area contributed by atoms with Crippen LogP contribution in [-0.4, -0.2) is 17.1 Å². The minimum absolute atomic E-state index is 0. The van der Waals surface area contributed by atoms with Gasteiger partial charge in [-0.25, -0.2) is 9.97 Å². The number of benzene rings is 1. The van der Waals surface area contributed by atoms with Gasteiger partial charge in [-0.2, -0.15) is 0 Å². The number of ether oxygens (including phenoxy) is 1. The SMILES string of the molecule is COC(c1ccccc1)c1ccnc(N)n1.[H-].[Na+]. The van der Waals surface area contributed by atoms with Crippen LogP contribution in [0.5, 0.6) is 0 Å². The maximum absolute atomic E-state index is 5.55. The van der Waals surface area contributed by atoms with E-state index in [1.54, 1.807) is 19.4 Å². The molecule has 0 saturated carbocycles. The summed E-state index contributed by atoms with van der Waals surface area (Å²) in [5.41, 5.74) is 7.36. The molecule has 17 heavy (non-hydrogen) atoms. The Morgan fingerprint density at radius 1 is 1.24 bits per heavy atom. The summed E-state index contributed by atoms with van der Waals surface area (Å²) in [6.07, 6.45) is 1.43. The van der Waals surface area contributed by atoms with Crippen LogP contribution in [0.1, 0.15) is 18.8 Å². The zero-order valence-electron chi connectivity index (χ0n) is 11.0. The van der Waals surface area contributed by atoms with Gasteiger partial charge >= 0.3 is 29.6 Å². The molecule has 0 aliphatic carbocycles. The molecule has 2 rings (SSSR count). The van der Waals surface area contributed by atoms with Crippen LogP contribution < -0.4 is 35.3 Å². The zero-order valence-corrected chi connectivity index (χ0v) is 12.0. The Balaban J connectivity index is 0.00000144. The molecule has 1 atom stereocenters. The first kappa shape index (κ1) is 14.1. The molecule has 0 bridgehead atoms. The maximum atomic E-state index is 5.55. The number of hydrogen-bond acceptors (Lipinski definition) is 4. The summed E-state index contributed by atoms with van der Waals surface area (Å²) >= 11 is 0. The number of nitrogen functional groups attached to an aromatic ring is 1. The van der Waals surface area contributed by atoms with Crippen LogP contribution in [-0.2, 0) is 4.74 Å². The van der Waals surface area contributed by atoms with Crippen molar-refractivity contribution in [2.45, 2.75) is 6.10 Å². The summed E-state index contributed by atoms with van der Waals surface area (Å²) in [5.74, 6) is 0.260. The van der Waals surface area contributed by atoms with Gasteiger partial charge in [0.25, 0.3) is 0 Å². The number of hydrogen-bond donors (Lipinski definition) is 1. The van der Waals surface area contributed by atoms with Crippen molar-refractivity contribution in [3.05, 3.63) is 53.9 Å². The van der Waals surface area contributed by atoms with Crippen molar-refractivity contribution in [1.82, 2.24) is 9.97 Å². The third kappa shape index (κ3) is 3.51. The Kier molecular flexibility index (Phi) is 5.58. The van der Waals surface area contributed by atoms with Gasteiger partial charge in [-0.1, -0.05) is 30.3 Å². The Bertz CT molecular complexity index is 470. The molecule has 0 aliphatic rings. The average Bonchev–Trinajstić information content (AvgIpc) is 2.31. The zero-order chi connectivity index (χ0) is 11.4. The summed E-state index contributed by atoms with van der Waals surface area (Å²) in [6, 6.07) is 11.7. The normalized spacial score (nSPS) is 11.6. The van der Waals surface area contributed by atoms with Crippen molar-refractivity contribution in [2.75, 3.05) is 12.8 Å². The predicted molar refractivity (Wildman–Crippen MR) is 62.9 cm³/mol. The molecule has 0 radical (unpaired) electrons. The maximum Gasteiger partial charge on any atom is 1.00 e. The number of methoxy groups -OCH3 is 1. The van der Waals surface area contributed by atoms with E-state index < -0.39 is 0 Å².